The highest BCUT2D eigenvalue weighted by atomic mass is 79.9. The molecule has 0 saturated heterocycles. The van der Waals surface area contributed by atoms with Crippen molar-refractivity contribution in [2.75, 3.05) is 0 Å². The molecule has 0 N–H and O–H groups in total. The maximum absolute atomic E-state index is 8.80. The minimum Gasteiger partial charge on any atom is -0.454 e. The van der Waals surface area contributed by atoms with Crippen LogP contribution in [0, 0.1) is 22.7 Å². The van der Waals surface area contributed by atoms with E-state index in [0.29, 0.717) is 0 Å². The van der Waals surface area contributed by atoms with Gasteiger partial charge < -0.3 is 8.98 Å². The van der Waals surface area contributed by atoms with E-state index >= 15 is 0 Å². The third kappa shape index (κ3) is 2.48. The molecule has 3 aromatic rings. The number of allylic oxidation sites excluding steroid dienone is 1. The molecule has 0 aliphatic heterocycles. The highest BCUT2D eigenvalue weighted by Crippen LogP contribution is 2.35. The Morgan fingerprint density at radius 1 is 1.36 bits per heavy atom. The number of furan rings is 1. The van der Waals surface area contributed by atoms with E-state index in [9.17, 15) is 0 Å². The van der Waals surface area contributed by atoms with E-state index in [1.807, 2.05) is 36.4 Å². The third-order valence-electron chi connectivity index (χ3n) is 3.25. The Morgan fingerprint density at radius 3 is 2.77 bits per heavy atom. The lowest BCUT2D eigenvalue weighted by molar-refractivity contribution is 0.618. The van der Waals surface area contributed by atoms with Crippen molar-refractivity contribution < 1.29 is 4.42 Å². The highest BCUT2D eigenvalue weighted by molar-refractivity contribution is 9.10. The molecule has 22 heavy (non-hydrogen) atoms. The average Bonchev–Trinajstić information content (AvgIpc) is 3.16. The summed E-state index contributed by atoms with van der Waals surface area (Å²) in [6.07, 6.45) is 1.57. The smallest absolute Gasteiger partial charge is 0.152 e. The van der Waals surface area contributed by atoms with Crippen molar-refractivity contribution in [1.82, 2.24) is 4.57 Å². The molecule has 0 atom stereocenters. The van der Waals surface area contributed by atoms with Crippen molar-refractivity contribution in [3.8, 4) is 23.6 Å². The number of nitriles is 2. The van der Waals surface area contributed by atoms with Gasteiger partial charge in [0.25, 0.3) is 0 Å². The van der Waals surface area contributed by atoms with Crippen molar-refractivity contribution in [2.45, 2.75) is 13.5 Å². The summed E-state index contributed by atoms with van der Waals surface area (Å²) in [5.74, 6) is 0.810. The third-order valence-corrected chi connectivity index (χ3v) is 4.95. The van der Waals surface area contributed by atoms with Crippen LogP contribution in [0.4, 0.5) is 0 Å². The van der Waals surface area contributed by atoms with Gasteiger partial charge in [-0.05, 0) is 47.1 Å². The second-order valence-corrected chi connectivity index (χ2v) is 6.48. The SMILES string of the molecule is CCn1c(Br)ccc1-c1cc2sc(C=C(C#N)C#N)cc2o1. The maximum atomic E-state index is 8.80. The minimum absolute atomic E-state index is 0.0907. The average molecular weight is 372 g/mol. The molecular formula is C16H10BrN3OS. The fraction of sp³-hybridized carbons (Fsp3) is 0.125. The number of hydrogen-bond acceptors (Lipinski definition) is 4. The lowest BCUT2D eigenvalue weighted by Crippen LogP contribution is -1.95. The van der Waals surface area contributed by atoms with Crippen LogP contribution >= 0.6 is 27.3 Å². The van der Waals surface area contributed by atoms with Crippen molar-refractivity contribution in [1.29, 1.82) is 10.5 Å². The van der Waals surface area contributed by atoms with Gasteiger partial charge in [-0.1, -0.05) is 0 Å². The predicted octanol–water partition coefficient (Wildman–Crippen LogP) is 5.18. The van der Waals surface area contributed by atoms with Gasteiger partial charge in [0.1, 0.15) is 23.3 Å². The molecule has 108 valence electrons. The molecule has 0 saturated carbocycles. The molecule has 3 aromatic heterocycles. The zero-order valence-corrected chi connectivity index (χ0v) is 14.0. The van der Waals surface area contributed by atoms with E-state index in [-0.39, 0.29) is 5.57 Å². The van der Waals surface area contributed by atoms with E-state index in [4.69, 9.17) is 14.9 Å². The van der Waals surface area contributed by atoms with Gasteiger partial charge in [0.2, 0.25) is 0 Å². The van der Waals surface area contributed by atoms with Crippen LogP contribution < -0.4 is 0 Å². The number of rotatable bonds is 3. The molecule has 0 fully saturated rings. The lowest BCUT2D eigenvalue weighted by Gasteiger charge is -2.04. The van der Waals surface area contributed by atoms with E-state index < -0.39 is 0 Å². The van der Waals surface area contributed by atoms with E-state index in [1.165, 1.54) is 11.3 Å². The fourth-order valence-electron chi connectivity index (χ4n) is 2.26. The molecule has 0 aliphatic rings. The topological polar surface area (TPSA) is 65.7 Å². The summed E-state index contributed by atoms with van der Waals surface area (Å²) in [6, 6.07) is 11.6. The summed E-state index contributed by atoms with van der Waals surface area (Å²) in [7, 11) is 0. The number of hydrogen-bond donors (Lipinski definition) is 0. The second-order valence-electron chi connectivity index (χ2n) is 4.56. The summed E-state index contributed by atoms with van der Waals surface area (Å²) in [6.45, 7) is 2.92. The number of aromatic nitrogens is 1. The zero-order valence-electron chi connectivity index (χ0n) is 11.6. The standard InChI is InChI=1S/C16H10BrN3OS/c1-2-20-12(3-4-16(20)17)13-7-15-14(21-13)6-11(22-15)5-10(8-18)9-19/h3-7H,2H2,1H3. The second kappa shape index (κ2) is 5.84. The summed E-state index contributed by atoms with van der Waals surface area (Å²) in [5, 5.41) is 17.6. The van der Waals surface area contributed by atoms with Crippen LogP contribution in [0.25, 0.3) is 27.8 Å². The van der Waals surface area contributed by atoms with Crippen molar-refractivity contribution in [2.24, 2.45) is 0 Å². The zero-order chi connectivity index (χ0) is 15.7. The Kier molecular flexibility index (Phi) is 3.89. The van der Waals surface area contributed by atoms with Gasteiger partial charge in [0, 0.05) is 17.5 Å². The molecule has 0 amide bonds. The van der Waals surface area contributed by atoms with E-state index in [2.05, 4.69) is 27.4 Å². The monoisotopic (exact) mass is 371 g/mol. The van der Waals surface area contributed by atoms with Crippen LogP contribution in [0.5, 0.6) is 0 Å². The van der Waals surface area contributed by atoms with Gasteiger partial charge in [-0.3, -0.25) is 0 Å². The Bertz CT molecular complexity index is 914. The molecule has 3 heterocycles. The largest absolute Gasteiger partial charge is 0.454 e. The number of fused-ring (bicyclic) bond motifs is 1. The summed E-state index contributed by atoms with van der Waals surface area (Å²) in [4.78, 5) is 0.838. The number of thiophene rings is 1. The summed E-state index contributed by atoms with van der Waals surface area (Å²) >= 11 is 5.02. The normalized spacial score (nSPS) is 10.4. The first-order chi connectivity index (χ1) is 10.7. The van der Waals surface area contributed by atoms with Crippen LogP contribution in [0.3, 0.4) is 0 Å². The van der Waals surface area contributed by atoms with Crippen LogP contribution in [0.15, 0.2) is 38.9 Å². The Hall–Kier alpha value is -2.28. The molecule has 0 aromatic carbocycles. The first-order valence-electron chi connectivity index (χ1n) is 6.57. The van der Waals surface area contributed by atoms with Gasteiger partial charge in [-0.2, -0.15) is 10.5 Å². The Balaban J connectivity index is 2.03. The first kappa shape index (κ1) is 14.6. The quantitative estimate of drug-likeness (QED) is 0.596. The van der Waals surface area contributed by atoms with Gasteiger partial charge in [-0.15, -0.1) is 11.3 Å². The van der Waals surface area contributed by atoms with Crippen molar-refractivity contribution in [3.63, 3.8) is 0 Å². The molecule has 4 nitrogen and oxygen atoms in total. The van der Waals surface area contributed by atoms with Crippen LogP contribution in [-0.2, 0) is 6.54 Å². The van der Waals surface area contributed by atoms with Gasteiger partial charge in [0.15, 0.2) is 5.76 Å². The molecular weight excluding hydrogens is 362 g/mol. The molecule has 3 rings (SSSR count). The number of halogens is 1. The van der Waals surface area contributed by atoms with E-state index in [1.54, 1.807) is 6.08 Å². The van der Waals surface area contributed by atoms with E-state index in [0.717, 1.165) is 37.8 Å². The van der Waals surface area contributed by atoms with Crippen molar-refractivity contribution >= 4 is 43.6 Å². The molecule has 0 spiro atoms. The highest BCUT2D eigenvalue weighted by Gasteiger charge is 2.14. The van der Waals surface area contributed by atoms with Crippen LogP contribution in [0.1, 0.15) is 11.8 Å². The maximum Gasteiger partial charge on any atom is 0.152 e. The molecule has 0 aliphatic carbocycles. The summed E-state index contributed by atoms with van der Waals surface area (Å²) in [5.41, 5.74) is 1.87. The summed E-state index contributed by atoms with van der Waals surface area (Å²) < 4.78 is 10.0. The predicted molar refractivity (Wildman–Crippen MR) is 90.1 cm³/mol. The molecule has 6 heteroatoms. The van der Waals surface area contributed by atoms with Crippen LogP contribution in [0.2, 0.25) is 0 Å². The van der Waals surface area contributed by atoms with Crippen LogP contribution in [-0.4, -0.2) is 4.57 Å². The minimum atomic E-state index is 0.0907. The molecule has 0 radical (unpaired) electrons. The van der Waals surface area contributed by atoms with Gasteiger partial charge >= 0.3 is 0 Å². The first-order valence-corrected chi connectivity index (χ1v) is 8.18. The Labute approximate surface area is 139 Å². The molecule has 0 unspecified atom stereocenters. The fourth-order valence-corrected chi connectivity index (χ4v) is 3.80. The van der Waals surface area contributed by atoms with Gasteiger partial charge in [0.05, 0.1) is 15.0 Å². The van der Waals surface area contributed by atoms with Crippen molar-refractivity contribution in [3.05, 3.63) is 39.3 Å². The lowest BCUT2D eigenvalue weighted by atomic mass is 10.3. The Morgan fingerprint density at radius 2 is 2.14 bits per heavy atom. The number of nitrogens with zero attached hydrogens (tertiary/aromatic N) is 3. The van der Waals surface area contributed by atoms with Gasteiger partial charge in [-0.25, -0.2) is 0 Å². The molecule has 0 bridgehead atoms.